The van der Waals surface area contributed by atoms with Crippen LogP contribution in [0.25, 0.3) is 0 Å². The molecule has 148 valence electrons. The fourth-order valence-corrected chi connectivity index (χ4v) is 4.49. The third kappa shape index (κ3) is 3.45. The Hall–Kier alpha value is -2.02. The molecule has 0 fully saturated rings. The van der Waals surface area contributed by atoms with Gasteiger partial charge in [-0.3, -0.25) is 0 Å². The molecule has 0 bridgehead atoms. The predicted octanol–water partition coefficient (Wildman–Crippen LogP) is 4.01. The summed E-state index contributed by atoms with van der Waals surface area (Å²) in [5, 5.41) is -12.1. The van der Waals surface area contributed by atoms with E-state index in [0.717, 1.165) is 0 Å². The number of halogens is 8. The molecule has 0 aliphatic rings. The SMILES string of the molecule is O=S(c1ccc(F)cc1F)C(F)(F)C(F)(F)S(=O)(=O)c1ccc(F)cc1F. The number of alkyl halides is 4. The molecule has 0 radical (unpaired) electrons. The quantitative estimate of drug-likeness (QED) is 0.524. The summed E-state index contributed by atoms with van der Waals surface area (Å²) >= 11 is 0. The minimum atomic E-state index is -6.53. The number of hydrogen-bond acceptors (Lipinski definition) is 3. The van der Waals surface area contributed by atoms with Gasteiger partial charge in [-0.15, -0.1) is 0 Å². The Bertz CT molecular complexity index is 1020. The molecule has 3 nitrogen and oxygen atoms in total. The van der Waals surface area contributed by atoms with Gasteiger partial charge in [0.2, 0.25) is 0 Å². The third-order valence-corrected chi connectivity index (χ3v) is 6.61. The standard InChI is InChI=1S/C14H6F8O3S2/c15-7-1-3-11(9(17)5-7)26(23)13(19,20)14(21,22)27(24,25)12-4-2-8(16)6-10(12)18/h1-6H. The van der Waals surface area contributed by atoms with Gasteiger partial charge in [0.25, 0.3) is 9.84 Å². The fraction of sp³-hybridized carbons (Fsp3) is 0.143. The molecule has 0 spiro atoms. The number of benzene rings is 2. The lowest BCUT2D eigenvalue weighted by atomic mass is 10.3. The van der Waals surface area contributed by atoms with E-state index in [0.29, 0.717) is 6.07 Å². The molecule has 13 heteroatoms. The number of rotatable bonds is 5. The Morgan fingerprint density at radius 1 is 0.778 bits per heavy atom. The summed E-state index contributed by atoms with van der Waals surface area (Å²) in [7, 11) is -10.8. The van der Waals surface area contributed by atoms with E-state index >= 15 is 0 Å². The zero-order valence-electron chi connectivity index (χ0n) is 12.5. The van der Waals surface area contributed by atoms with Crippen molar-refractivity contribution in [3.63, 3.8) is 0 Å². The van der Waals surface area contributed by atoms with Crippen LogP contribution in [0.15, 0.2) is 46.2 Å². The van der Waals surface area contributed by atoms with Gasteiger partial charge in [-0.25, -0.2) is 30.2 Å². The van der Waals surface area contributed by atoms with Gasteiger partial charge in [-0.1, -0.05) is 0 Å². The van der Waals surface area contributed by atoms with Crippen molar-refractivity contribution in [2.24, 2.45) is 0 Å². The average molecular weight is 438 g/mol. The lowest BCUT2D eigenvalue weighted by molar-refractivity contribution is -0.0937. The third-order valence-electron chi connectivity index (χ3n) is 3.19. The molecule has 0 N–H and O–H groups in total. The van der Waals surface area contributed by atoms with Gasteiger partial charge >= 0.3 is 10.5 Å². The van der Waals surface area contributed by atoms with E-state index in [1.807, 2.05) is 0 Å². The Morgan fingerprint density at radius 3 is 1.74 bits per heavy atom. The van der Waals surface area contributed by atoms with E-state index < -0.39 is 64.2 Å². The average Bonchev–Trinajstić information content (AvgIpc) is 2.53. The summed E-state index contributed by atoms with van der Waals surface area (Å²) in [6, 6.07) is 0.522. The summed E-state index contributed by atoms with van der Waals surface area (Å²) in [6.07, 6.45) is 0. The highest BCUT2D eigenvalue weighted by atomic mass is 32.2. The van der Waals surface area contributed by atoms with Crippen molar-refractivity contribution in [1.82, 2.24) is 0 Å². The van der Waals surface area contributed by atoms with Crippen LogP contribution in [0.1, 0.15) is 0 Å². The van der Waals surface area contributed by atoms with Gasteiger partial charge in [0.15, 0.2) is 0 Å². The molecule has 2 aromatic rings. The summed E-state index contributed by atoms with van der Waals surface area (Å²) in [5.41, 5.74) is 0. The van der Waals surface area contributed by atoms with Crippen LogP contribution in [0.5, 0.6) is 0 Å². The number of hydrogen-bond donors (Lipinski definition) is 0. The first-order valence-corrected chi connectivity index (χ1v) is 9.19. The zero-order chi connectivity index (χ0) is 20.8. The Kier molecular flexibility index (Phi) is 5.40. The van der Waals surface area contributed by atoms with Crippen LogP contribution in [0.3, 0.4) is 0 Å². The van der Waals surface area contributed by atoms with Crippen LogP contribution in [-0.2, 0) is 20.6 Å². The molecule has 0 saturated heterocycles. The largest absolute Gasteiger partial charge is 0.424 e. The second kappa shape index (κ2) is 6.86. The van der Waals surface area contributed by atoms with Crippen molar-refractivity contribution < 1.29 is 47.8 Å². The fourth-order valence-electron chi connectivity index (χ4n) is 1.86. The van der Waals surface area contributed by atoms with Crippen molar-refractivity contribution in [3.05, 3.63) is 59.7 Å². The van der Waals surface area contributed by atoms with E-state index in [9.17, 15) is 47.8 Å². The maximum Gasteiger partial charge on any atom is 0.424 e. The minimum absolute atomic E-state index is 0.0224. The summed E-state index contributed by atoms with van der Waals surface area (Å²) in [4.78, 5) is -3.58. The highest BCUT2D eigenvalue weighted by Crippen LogP contribution is 2.46. The topological polar surface area (TPSA) is 51.2 Å². The first kappa shape index (κ1) is 21.3. The van der Waals surface area contributed by atoms with Crippen molar-refractivity contribution in [2.45, 2.75) is 20.3 Å². The Balaban J connectivity index is 2.59. The molecule has 0 aromatic heterocycles. The second-order valence-corrected chi connectivity index (χ2v) is 8.40. The minimum Gasteiger partial charge on any atom is -0.248 e. The summed E-state index contributed by atoms with van der Waals surface area (Å²) in [5.74, 6) is -6.67. The van der Waals surface area contributed by atoms with Crippen LogP contribution >= 0.6 is 0 Å². The molecule has 1 unspecified atom stereocenters. The van der Waals surface area contributed by atoms with Gasteiger partial charge in [-0.05, 0) is 24.3 Å². The van der Waals surface area contributed by atoms with Gasteiger partial charge in [0.1, 0.15) is 39.0 Å². The van der Waals surface area contributed by atoms with Crippen molar-refractivity contribution in [2.75, 3.05) is 0 Å². The van der Waals surface area contributed by atoms with Gasteiger partial charge < -0.3 is 0 Å². The second-order valence-electron chi connectivity index (χ2n) is 4.96. The monoisotopic (exact) mass is 438 g/mol. The molecular formula is C14H6F8O3S2. The predicted molar refractivity (Wildman–Crippen MR) is 76.2 cm³/mol. The molecule has 0 aliphatic heterocycles. The highest BCUT2D eigenvalue weighted by molar-refractivity contribution is 7.94. The van der Waals surface area contributed by atoms with E-state index in [1.54, 1.807) is 0 Å². The maximum absolute atomic E-state index is 14.1. The molecule has 1 atom stereocenters. The molecule has 0 saturated carbocycles. The van der Waals surface area contributed by atoms with E-state index in [1.165, 1.54) is 0 Å². The lowest BCUT2D eigenvalue weighted by Crippen LogP contribution is -2.50. The van der Waals surface area contributed by atoms with Crippen LogP contribution in [0.4, 0.5) is 35.1 Å². The zero-order valence-corrected chi connectivity index (χ0v) is 14.2. The van der Waals surface area contributed by atoms with Crippen LogP contribution < -0.4 is 0 Å². The summed E-state index contributed by atoms with van der Waals surface area (Å²) in [6.45, 7) is 0. The first-order valence-electron chi connectivity index (χ1n) is 6.55. The Morgan fingerprint density at radius 2 is 1.26 bits per heavy atom. The van der Waals surface area contributed by atoms with Crippen LogP contribution in [-0.4, -0.2) is 23.1 Å². The molecular weight excluding hydrogens is 432 g/mol. The normalized spacial score (nSPS) is 14.2. The number of sulfone groups is 1. The van der Waals surface area contributed by atoms with Gasteiger partial charge in [0, 0.05) is 12.1 Å². The molecule has 27 heavy (non-hydrogen) atoms. The molecule has 0 aliphatic carbocycles. The highest BCUT2D eigenvalue weighted by Gasteiger charge is 2.70. The summed E-state index contributed by atoms with van der Waals surface area (Å²) < 4.78 is 144. The molecule has 0 amide bonds. The maximum atomic E-state index is 14.1. The van der Waals surface area contributed by atoms with Crippen LogP contribution in [0.2, 0.25) is 0 Å². The van der Waals surface area contributed by atoms with E-state index in [-0.39, 0.29) is 30.3 Å². The van der Waals surface area contributed by atoms with Gasteiger partial charge in [0.05, 0.1) is 4.90 Å². The Labute approximate surface area is 149 Å². The lowest BCUT2D eigenvalue weighted by Gasteiger charge is -2.25. The van der Waals surface area contributed by atoms with Gasteiger partial charge in [-0.2, -0.15) is 17.6 Å². The first-order chi connectivity index (χ1) is 12.2. The smallest absolute Gasteiger partial charge is 0.248 e. The molecule has 0 heterocycles. The van der Waals surface area contributed by atoms with Crippen molar-refractivity contribution >= 4 is 20.6 Å². The van der Waals surface area contributed by atoms with Crippen molar-refractivity contribution in [1.29, 1.82) is 0 Å². The molecule has 2 rings (SSSR count). The molecule has 2 aromatic carbocycles. The van der Waals surface area contributed by atoms with E-state index in [2.05, 4.69) is 0 Å². The van der Waals surface area contributed by atoms with Crippen molar-refractivity contribution in [3.8, 4) is 0 Å². The van der Waals surface area contributed by atoms with Crippen LogP contribution in [0, 0.1) is 23.3 Å². The van der Waals surface area contributed by atoms with E-state index in [4.69, 9.17) is 0 Å².